The van der Waals surface area contributed by atoms with Crippen LogP contribution in [0.25, 0.3) is 0 Å². The van der Waals surface area contributed by atoms with Crippen molar-refractivity contribution in [1.82, 2.24) is 6.15 Å². The quantitative estimate of drug-likeness (QED) is 0.231. The monoisotopic (exact) mass is 103 g/mol. The average Bonchev–Trinajstić information content (AvgIpc) is 0.918. The summed E-state index contributed by atoms with van der Waals surface area (Å²) < 4.78 is 0. The van der Waals surface area contributed by atoms with Gasteiger partial charge in [0.2, 0.25) is 0 Å². The molecule has 0 saturated carbocycles. The second-order valence-electron chi connectivity index (χ2n) is 0.0816. The van der Waals surface area contributed by atoms with Crippen molar-refractivity contribution in [2.75, 3.05) is 0 Å². The van der Waals surface area contributed by atoms with Gasteiger partial charge in [-0.05, 0) is 0 Å². The molecule has 0 aromatic heterocycles. The number of quaternary nitrogens is 1. The molecule has 0 fully saturated rings. The zero-order valence-electron chi connectivity index (χ0n) is 2.68. The fraction of sp³-hybridized carbons (Fsp3) is 0. The Balaban J connectivity index is -0.0000000200. The molecule has 0 aliphatic rings. The first kappa shape index (κ1) is 19.3. The summed E-state index contributed by atoms with van der Waals surface area (Å²) in [5, 5.41) is 15.5. The summed E-state index contributed by atoms with van der Waals surface area (Å²) in [7, 11) is 0. The molecule has 0 heterocycles. The fourth-order valence-corrected chi connectivity index (χ4v) is 0. The van der Waals surface area contributed by atoms with Crippen molar-refractivity contribution in [3.63, 3.8) is 0 Å². The smallest absolute Gasteiger partial charge is 0.0737 e. The molecule has 0 aliphatic heterocycles. The van der Waals surface area contributed by atoms with E-state index in [9.17, 15) is 0 Å². The highest BCUT2D eigenvalue weighted by molar-refractivity contribution is 2.38. The van der Waals surface area contributed by atoms with Gasteiger partial charge in [-0.2, -0.15) is 0 Å². The molecule has 0 spiro atoms. The van der Waals surface area contributed by atoms with Crippen LogP contribution in [0.4, 0.5) is 0 Å². The molecule has 5 heteroatoms. The predicted octanol–water partition coefficient (Wildman–Crippen LogP) is -2.67. The maximum absolute atomic E-state index is 6.62. The number of hydrogen-bond donors (Lipinski definition) is 3. The van der Waals surface area contributed by atoms with Crippen LogP contribution in [0, 0.1) is 0 Å². The van der Waals surface area contributed by atoms with E-state index in [1.165, 1.54) is 0 Å². The molecular weight excluding hydrogens is 97.5 g/mol. The van der Waals surface area contributed by atoms with Gasteiger partial charge in [0.05, 0.1) is 0 Å². The van der Waals surface area contributed by atoms with Gasteiger partial charge < -0.3 is 18.6 Å². The Morgan fingerprint density at radius 3 is 1.20 bits per heavy atom. The Morgan fingerprint density at radius 2 is 1.20 bits per heavy atom. The Hall–Kier alpha value is 0.130. The van der Waals surface area contributed by atoms with Crippen molar-refractivity contribution < 1.29 is 28.0 Å². The van der Waals surface area contributed by atoms with E-state index in [1.807, 2.05) is 0 Å². The lowest BCUT2D eigenvalue weighted by molar-refractivity contribution is -0.465. The zero-order valence-corrected chi connectivity index (χ0v) is 3.44. The number of rotatable bonds is 0. The van der Waals surface area contributed by atoms with Crippen molar-refractivity contribution >= 4 is 0 Å². The minimum absolute atomic E-state index is 0. The molecule has 0 amide bonds. The lowest BCUT2D eigenvalue weighted by Gasteiger charge is -1.56. The molecule has 0 rings (SSSR count). The van der Waals surface area contributed by atoms with E-state index >= 15 is 0 Å². The molecule has 5 heavy (non-hydrogen) atoms. The second-order valence-corrected chi connectivity index (χ2v) is 0.0816. The summed E-state index contributed by atoms with van der Waals surface area (Å²) in [6, 6.07) is 0. The summed E-state index contributed by atoms with van der Waals surface area (Å²) >= 11 is 0. The highest BCUT2D eigenvalue weighted by atomic mass is 35.5. The van der Waals surface area contributed by atoms with Crippen molar-refractivity contribution in [3.8, 4) is 0 Å². The fourth-order valence-electron chi connectivity index (χ4n) is 0. The van der Waals surface area contributed by atoms with Crippen LogP contribution in [0.15, 0.2) is 0 Å². The predicted molar refractivity (Wildman–Crippen MR) is 12.3 cm³/mol. The summed E-state index contributed by atoms with van der Waals surface area (Å²) in [4.78, 5) is 0. The molecular formula is H6ClNO3. The van der Waals surface area contributed by atoms with Crippen LogP contribution in [0.2, 0.25) is 0 Å². The van der Waals surface area contributed by atoms with E-state index < -0.39 is 0 Å². The van der Waals surface area contributed by atoms with Gasteiger partial charge in [0.15, 0.2) is 0 Å². The van der Waals surface area contributed by atoms with Crippen LogP contribution in [0.3, 0.4) is 0 Å². The number of hydrogen-bond acceptors (Lipinski definition) is 3. The molecule has 0 radical (unpaired) electrons. The van der Waals surface area contributed by atoms with Gasteiger partial charge in [-0.15, -0.1) is 0 Å². The summed E-state index contributed by atoms with van der Waals surface area (Å²) in [5.41, 5.74) is 0. The van der Waals surface area contributed by atoms with E-state index in [4.69, 9.17) is 10.5 Å². The molecule has 0 atom stereocenters. The molecule has 0 aliphatic carbocycles. The molecule has 0 bridgehead atoms. The topological polar surface area (TPSA) is 86.2 Å². The Labute approximate surface area is 35.2 Å². The Kier molecular flexibility index (Phi) is 122. The van der Waals surface area contributed by atoms with Crippen LogP contribution >= 0.6 is 0 Å². The van der Waals surface area contributed by atoms with Crippen molar-refractivity contribution in [2.24, 2.45) is 0 Å². The standard InChI is InChI=1S/ClH.H3N.H2O3/c;;1-3-2/h1H;1H3;1-2H. The third-order valence-corrected chi connectivity index (χ3v) is 0. The Bertz CT molecular complexity index is 6.85. The van der Waals surface area contributed by atoms with E-state index in [0.29, 0.717) is 0 Å². The minimum Gasteiger partial charge on any atom is -1.00 e. The molecule has 0 unspecified atom stereocenters. The van der Waals surface area contributed by atoms with Crippen LogP contribution in [-0.2, 0) is 5.04 Å². The minimum atomic E-state index is 0. The van der Waals surface area contributed by atoms with E-state index in [0.717, 1.165) is 0 Å². The lowest BCUT2D eigenvalue weighted by atomic mass is 14.0. The Morgan fingerprint density at radius 1 is 1.20 bits per heavy atom. The first-order chi connectivity index (χ1) is 1.41. The summed E-state index contributed by atoms with van der Waals surface area (Å²) in [6.45, 7) is 0. The van der Waals surface area contributed by atoms with Crippen molar-refractivity contribution in [2.45, 2.75) is 0 Å². The first-order valence-electron chi connectivity index (χ1n) is 0.365. The van der Waals surface area contributed by atoms with Gasteiger partial charge >= 0.3 is 0 Å². The second kappa shape index (κ2) is 31.7. The van der Waals surface area contributed by atoms with Crippen LogP contribution in [-0.4, -0.2) is 10.5 Å². The van der Waals surface area contributed by atoms with Crippen LogP contribution < -0.4 is 18.6 Å². The van der Waals surface area contributed by atoms with E-state index in [2.05, 4.69) is 5.04 Å². The van der Waals surface area contributed by atoms with Crippen molar-refractivity contribution in [3.05, 3.63) is 0 Å². The molecule has 6 N–H and O–H groups in total. The maximum atomic E-state index is 6.62. The SMILES string of the molecule is OOO.[Cl-].[NH4+]. The van der Waals surface area contributed by atoms with Gasteiger partial charge in [-0.1, -0.05) is 5.04 Å². The molecule has 36 valence electrons. The number of halogens is 1. The molecule has 0 aromatic carbocycles. The van der Waals surface area contributed by atoms with Gasteiger partial charge in [0, 0.05) is 0 Å². The summed E-state index contributed by atoms with van der Waals surface area (Å²) in [5.74, 6) is 0. The third-order valence-electron chi connectivity index (χ3n) is 0. The van der Waals surface area contributed by atoms with Gasteiger partial charge in [-0.3, -0.25) is 0 Å². The zero-order chi connectivity index (χ0) is 2.71. The molecule has 0 saturated heterocycles. The maximum Gasteiger partial charge on any atom is -0.0737 e. The normalized spacial score (nSPS) is 3.60. The lowest BCUT2D eigenvalue weighted by Crippen LogP contribution is -3.00. The van der Waals surface area contributed by atoms with Gasteiger partial charge in [0.1, 0.15) is 0 Å². The van der Waals surface area contributed by atoms with E-state index in [1.54, 1.807) is 0 Å². The van der Waals surface area contributed by atoms with Gasteiger partial charge in [-0.25, -0.2) is 10.5 Å². The summed E-state index contributed by atoms with van der Waals surface area (Å²) in [6.07, 6.45) is 0. The molecule has 0 aromatic rings. The van der Waals surface area contributed by atoms with Crippen LogP contribution in [0.1, 0.15) is 0 Å². The largest absolute Gasteiger partial charge is 1.00 e. The third kappa shape index (κ3) is 1110. The van der Waals surface area contributed by atoms with Gasteiger partial charge in [0.25, 0.3) is 0 Å². The van der Waals surface area contributed by atoms with E-state index in [-0.39, 0.29) is 18.6 Å². The van der Waals surface area contributed by atoms with Crippen LogP contribution in [0.5, 0.6) is 0 Å². The molecule has 4 nitrogen and oxygen atoms in total. The first-order valence-corrected chi connectivity index (χ1v) is 0.365. The van der Waals surface area contributed by atoms with Crippen molar-refractivity contribution in [1.29, 1.82) is 0 Å². The highest BCUT2D eigenvalue weighted by Crippen LogP contribution is 1.24. The average molecular weight is 104 g/mol. The highest BCUT2D eigenvalue weighted by Gasteiger charge is 1.27.